The molecule has 4 heteroatoms. The second kappa shape index (κ2) is 3.46. The molecule has 13 heavy (non-hydrogen) atoms. The molecular weight excluding hydrogens is 168 g/mol. The number of carbonyl (C=O) groups is 2. The molecule has 1 heterocycles. The van der Waals surface area contributed by atoms with Crippen LogP contribution in [0.3, 0.4) is 0 Å². The lowest BCUT2D eigenvalue weighted by molar-refractivity contribution is -0.132. The van der Waals surface area contributed by atoms with Crippen LogP contribution in [0.25, 0.3) is 0 Å². The van der Waals surface area contributed by atoms with Gasteiger partial charge in [0.15, 0.2) is 0 Å². The van der Waals surface area contributed by atoms with Gasteiger partial charge in [0.05, 0.1) is 6.04 Å². The Balaban J connectivity index is 1.79. The minimum absolute atomic E-state index is 0.0845. The zero-order chi connectivity index (χ0) is 9.26. The average molecular weight is 182 g/mol. The summed E-state index contributed by atoms with van der Waals surface area (Å²) in [7, 11) is 0. The molecule has 0 radical (unpaired) electrons. The first-order chi connectivity index (χ1) is 6.27. The lowest BCUT2D eigenvalue weighted by Crippen LogP contribution is -2.43. The maximum Gasteiger partial charge on any atom is 0.243 e. The van der Waals surface area contributed by atoms with E-state index in [1.165, 1.54) is 0 Å². The maximum absolute atomic E-state index is 11.4. The minimum Gasteiger partial charge on any atom is -0.306 e. The molecule has 0 aromatic carbocycles. The fourth-order valence-electron chi connectivity index (χ4n) is 1.56. The summed E-state index contributed by atoms with van der Waals surface area (Å²) >= 11 is 0. The number of carbonyl (C=O) groups excluding carboxylic acids is 2. The largest absolute Gasteiger partial charge is 0.306 e. The molecule has 0 spiro atoms. The predicted octanol–water partition coefficient (Wildman–Crippen LogP) is -0.209. The first-order valence-corrected chi connectivity index (χ1v) is 4.85. The Hall–Kier alpha value is -0.900. The second-order valence-electron chi connectivity index (χ2n) is 3.78. The van der Waals surface area contributed by atoms with Crippen molar-refractivity contribution in [3.63, 3.8) is 0 Å². The molecule has 2 fully saturated rings. The number of rotatable bonds is 2. The molecule has 1 unspecified atom stereocenters. The number of imide groups is 1. The molecule has 1 atom stereocenters. The number of amides is 2. The summed E-state index contributed by atoms with van der Waals surface area (Å²) in [5.74, 6) is -0.113. The highest BCUT2D eigenvalue weighted by atomic mass is 16.2. The van der Waals surface area contributed by atoms with Crippen LogP contribution in [0.5, 0.6) is 0 Å². The minimum atomic E-state index is -0.144. The van der Waals surface area contributed by atoms with Gasteiger partial charge in [-0.2, -0.15) is 0 Å². The van der Waals surface area contributed by atoms with Crippen molar-refractivity contribution in [1.29, 1.82) is 0 Å². The molecule has 72 valence electrons. The monoisotopic (exact) mass is 182 g/mol. The Morgan fingerprint density at radius 3 is 2.46 bits per heavy atom. The third-order valence-corrected chi connectivity index (χ3v) is 2.57. The van der Waals surface area contributed by atoms with Crippen molar-refractivity contribution in [3.8, 4) is 0 Å². The van der Waals surface area contributed by atoms with Gasteiger partial charge in [0.25, 0.3) is 0 Å². The quantitative estimate of drug-likeness (QED) is 0.581. The SMILES string of the molecule is O=C(NC(=O)C1CCCN1)C1CC1. The lowest BCUT2D eigenvalue weighted by atomic mass is 10.2. The maximum atomic E-state index is 11.4. The van der Waals surface area contributed by atoms with Gasteiger partial charge in [0, 0.05) is 5.92 Å². The molecule has 0 aromatic rings. The fourth-order valence-corrected chi connectivity index (χ4v) is 1.56. The van der Waals surface area contributed by atoms with Crippen molar-refractivity contribution < 1.29 is 9.59 Å². The van der Waals surface area contributed by atoms with Crippen molar-refractivity contribution in [2.24, 2.45) is 5.92 Å². The van der Waals surface area contributed by atoms with Crippen LogP contribution in [0, 0.1) is 5.92 Å². The first kappa shape index (κ1) is 8.69. The normalized spacial score (nSPS) is 27.2. The number of nitrogens with one attached hydrogen (secondary N) is 2. The fraction of sp³-hybridized carbons (Fsp3) is 0.778. The molecule has 1 aliphatic heterocycles. The summed E-state index contributed by atoms with van der Waals surface area (Å²) in [6, 6.07) is -0.136. The summed E-state index contributed by atoms with van der Waals surface area (Å²) in [6.45, 7) is 0.885. The van der Waals surface area contributed by atoms with E-state index in [1.807, 2.05) is 0 Å². The Kier molecular flexibility index (Phi) is 2.31. The second-order valence-corrected chi connectivity index (χ2v) is 3.78. The molecular formula is C9H14N2O2. The number of hydrogen-bond donors (Lipinski definition) is 2. The standard InChI is InChI=1S/C9H14N2O2/c12-8(6-3-4-6)11-9(13)7-2-1-5-10-7/h6-7,10H,1-5H2,(H,11,12,13). The van der Waals surface area contributed by atoms with E-state index in [-0.39, 0.29) is 23.8 Å². The lowest BCUT2D eigenvalue weighted by Gasteiger charge is -2.09. The third-order valence-electron chi connectivity index (χ3n) is 2.57. The molecule has 4 nitrogen and oxygen atoms in total. The first-order valence-electron chi connectivity index (χ1n) is 4.85. The molecule has 1 saturated carbocycles. The zero-order valence-corrected chi connectivity index (χ0v) is 7.51. The summed E-state index contributed by atoms with van der Waals surface area (Å²) in [5.41, 5.74) is 0. The molecule has 2 rings (SSSR count). The van der Waals surface area contributed by atoms with Crippen LogP contribution in [0.1, 0.15) is 25.7 Å². The highest BCUT2D eigenvalue weighted by Gasteiger charge is 2.32. The van der Waals surface area contributed by atoms with Crippen LogP contribution in [0.15, 0.2) is 0 Å². The van der Waals surface area contributed by atoms with E-state index in [1.54, 1.807) is 0 Å². The van der Waals surface area contributed by atoms with E-state index in [0.29, 0.717) is 0 Å². The summed E-state index contributed by atoms with van der Waals surface area (Å²) in [4.78, 5) is 22.6. The topological polar surface area (TPSA) is 58.2 Å². The van der Waals surface area contributed by atoms with Crippen molar-refractivity contribution in [3.05, 3.63) is 0 Å². The van der Waals surface area contributed by atoms with E-state index >= 15 is 0 Å². The van der Waals surface area contributed by atoms with Gasteiger partial charge in [-0.25, -0.2) is 0 Å². The highest BCUT2D eigenvalue weighted by Crippen LogP contribution is 2.28. The smallest absolute Gasteiger partial charge is 0.243 e. The van der Waals surface area contributed by atoms with Gasteiger partial charge in [-0.05, 0) is 32.2 Å². The molecule has 2 aliphatic rings. The van der Waals surface area contributed by atoms with Crippen molar-refractivity contribution in [2.75, 3.05) is 6.54 Å². The summed E-state index contributed by atoms with van der Waals surface area (Å²) in [6.07, 6.45) is 3.76. The highest BCUT2D eigenvalue weighted by molar-refractivity contribution is 5.99. The summed E-state index contributed by atoms with van der Waals surface area (Å²) in [5, 5.41) is 5.50. The summed E-state index contributed by atoms with van der Waals surface area (Å²) < 4.78 is 0. The van der Waals surface area contributed by atoms with Gasteiger partial charge in [-0.1, -0.05) is 0 Å². The van der Waals surface area contributed by atoms with Crippen LogP contribution >= 0.6 is 0 Å². The van der Waals surface area contributed by atoms with Crippen LogP contribution in [-0.2, 0) is 9.59 Å². The van der Waals surface area contributed by atoms with Crippen LogP contribution < -0.4 is 10.6 Å². The van der Waals surface area contributed by atoms with Gasteiger partial charge >= 0.3 is 0 Å². The van der Waals surface area contributed by atoms with Gasteiger partial charge in [0.1, 0.15) is 0 Å². The number of hydrogen-bond acceptors (Lipinski definition) is 3. The average Bonchev–Trinajstić information content (AvgIpc) is 2.81. The third kappa shape index (κ3) is 2.06. The van der Waals surface area contributed by atoms with E-state index < -0.39 is 0 Å². The van der Waals surface area contributed by atoms with Crippen LogP contribution in [0.2, 0.25) is 0 Å². The van der Waals surface area contributed by atoms with Crippen molar-refractivity contribution in [2.45, 2.75) is 31.7 Å². The molecule has 1 aliphatic carbocycles. The molecule has 1 saturated heterocycles. The van der Waals surface area contributed by atoms with E-state index in [4.69, 9.17) is 0 Å². The van der Waals surface area contributed by atoms with E-state index in [2.05, 4.69) is 10.6 Å². The Labute approximate surface area is 77.1 Å². The van der Waals surface area contributed by atoms with Gasteiger partial charge in [0.2, 0.25) is 11.8 Å². The van der Waals surface area contributed by atoms with Crippen molar-refractivity contribution >= 4 is 11.8 Å². The van der Waals surface area contributed by atoms with Crippen molar-refractivity contribution in [1.82, 2.24) is 10.6 Å². The molecule has 0 aromatic heterocycles. The zero-order valence-electron chi connectivity index (χ0n) is 7.51. The Morgan fingerprint density at radius 2 is 1.92 bits per heavy atom. The molecule has 0 bridgehead atoms. The predicted molar refractivity (Wildman–Crippen MR) is 46.9 cm³/mol. The molecule has 2 amide bonds. The Morgan fingerprint density at radius 1 is 1.15 bits per heavy atom. The van der Waals surface area contributed by atoms with Gasteiger partial charge < -0.3 is 5.32 Å². The van der Waals surface area contributed by atoms with E-state index in [0.717, 1.165) is 32.2 Å². The van der Waals surface area contributed by atoms with Crippen LogP contribution in [0.4, 0.5) is 0 Å². The van der Waals surface area contributed by atoms with Gasteiger partial charge in [-0.15, -0.1) is 0 Å². The van der Waals surface area contributed by atoms with Crippen LogP contribution in [-0.4, -0.2) is 24.4 Å². The van der Waals surface area contributed by atoms with E-state index in [9.17, 15) is 9.59 Å². The Bertz CT molecular complexity index is 230. The molecule has 2 N–H and O–H groups in total. The van der Waals surface area contributed by atoms with Gasteiger partial charge in [-0.3, -0.25) is 14.9 Å².